The molecule has 1 atom stereocenters. The molecule has 26 heavy (non-hydrogen) atoms. The highest BCUT2D eigenvalue weighted by molar-refractivity contribution is 5.77. The van der Waals surface area contributed by atoms with Crippen LogP contribution in [0.4, 0.5) is 11.6 Å². The first-order valence-corrected chi connectivity index (χ1v) is 9.18. The van der Waals surface area contributed by atoms with Gasteiger partial charge in [0.25, 0.3) is 0 Å². The van der Waals surface area contributed by atoms with E-state index in [0.29, 0.717) is 19.1 Å². The van der Waals surface area contributed by atoms with Crippen LogP contribution in [0.5, 0.6) is 0 Å². The zero-order chi connectivity index (χ0) is 18.4. The summed E-state index contributed by atoms with van der Waals surface area (Å²) in [5.41, 5.74) is 3.12. The summed E-state index contributed by atoms with van der Waals surface area (Å²) in [5.74, 6) is 0.883. The molecule has 1 N–H and O–H groups in total. The van der Waals surface area contributed by atoms with Crippen LogP contribution in [0.3, 0.4) is 0 Å². The molecule has 1 saturated heterocycles. The third-order valence-electron chi connectivity index (χ3n) is 4.69. The van der Waals surface area contributed by atoms with Gasteiger partial charge in [0, 0.05) is 37.5 Å². The molecule has 0 radical (unpaired) electrons. The summed E-state index contributed by atoms with van der Waals surface area (Å²) in [4.78, 5) is 23.2. The van der Waals surface area contributed by atoms with Crippen molar-refractivity contribution in [1.29, 1.82) is 0 Å². The predicted octanol–water partition coefficient (Wildman–Crippen LogP) is 3.27. The Bertz CT molecular complexity index is 750. The number of aryl methyl sites for hydroxylation is 1. The number of hydrogen-bond donors (Lipinski definition) is 1. The van der Waals surface area contributed by atoms with Crippen LogP contribution in [-0.4, -0.2) is 47.1 Å². The van der Waals surface area contributed by atoms with Gasteiger partial charge in [-0.25, -0.2) is 9.97 Å². The van der Waals surface area contributed by atoms with Crippen molar-refractivity contribution in [2.45, 2.75) is 32.6 Å². The summed E-state index contributed by atoms with van der Waals surface area (Å²) in [6.45, 7) is 6.15. The number of para-hydroxylation sites is 1. The molecule has 1 aromatic carbocycles. The van der Waals surface area contributed by atoms with Crippen LogP contribution in [0.25, 0.3) is 0 Å². The molecule has 2 heterocycles. The van der Waals surface area contributed by atoms with Crippen LogP contribution in [-0.2, 0) is 9.53 Å². The summed E-state index contributed by atoms with van der Waals surface area (Å²) < 4.78 is 5.26. The minimum absolute atomic E-state index is 0.0591. The van der Waals surface area contributed by atoms with Crippen LogP contribution in [0.15, 0.2) is 36.5 Å². The quantitative estimate of drug-likeness (QED) is 0.862. The molecule has 0 spiro atoms. The second-order valence-corrected chi connectivity index (χ2v) is 6.56. The lowest BCUT2D eigenvalue weighted by atomic mass is 9.94. The average molecular weight is 354 g/mol. The van der Waals surface area contributed by atoms with Crippen molar-refractivity contribution in [3.63, 3.8) is 0 Å². The molecule has 0 saturated carbocycles. The Balaban J connectivity index is 1.69. The summed E-state index contributed by atoms with van der Waals surface area (Å²) in [6, 6.07) is 10.0. The molecular formula is C20H26N4O2. The molecule has 1 aromatic heterocycles. The zero-order valence-electron chi connectivity index (χ0n) is 15.4. The summed E-state index contributed by atoms with van der Waals surface area (Å²) in [6.07, 6.45) is 3.79. The van der Waals surface area contributed by atoms with Crippen molar-refractivity contribution in [2.24, 2.45) is 0 Å². The highest BCUT2D eigenvalue weighted by atomic mass is 16.5. The minimum atomic E-state index is 0.0591. The molecule has 6 nitrogen and oxygen atoms in total. The monoisotopic (exact) mass is 354 g/mol. The Kier molecular flexibility index (Phi) is 6.17. The molecule has 0 aliphatic carbocycles. The maximum Gasteiger partial charge on any atom is 0.248 e. The number of ether oxygens (including phenoxy) is 1. The van der Waals surface area contributed by atoms with E-state index in [1.54, 1.807) is 6.20 Å². The number of amides is 1. The van der Waals surface area contributed by atoms with Crippen molar-refractivity contribution in [2.75, 3.05) is 31.6 Å². The molecular weight excluding hydrogens is 328 g/mol. The lowest BCUT2D eigenvalue weighted by Crippen LogP contribution is -2.41. The fraction of sp³-hybridized carbons (Fsp3) is 0.450. The molecule has 1 amide bonds. The van der Waals surface area contributed by atoms with Gasteiger partial charge < -0.3 is 15.0 Å². The van der Waals surface area contributed by atoms with E-state index in [1.807, 2.05) is 36.1 Å². The van der Waals surface area contributed by atoms with Gasteiger partial charge in [-0.1, -0.05) is 18.2 Å². The van der Waals surface area contributed by atoms with Crippen molar-refractivity contribution in [1.82, 2.24) is 14.9 Å². The molecule has 138 valence electrons. The van der Waals surface area contributed by atoms with Crippen LogP contribution >= 0.6 is 0 Å². The van der Waals surface area contributed by atoms with Gasteiger partial charge in [0.2, 0.25) is 11.9 Å². The fourth-order valence-electron chi connectivity index (χ4n) is 3.22. The number of likely N-dealkylation sites (tertiary alicyclic amines) is 1. The third kappa shape index (κ3) is 4.58. The van der Waals surface area contributed by atoms with Gasteiger partial charge in [-0.2, -0.15) is 0 Å². The van der Waals surface area contributed by atoms with E-state index in [1.165, 1.54) is 0 Å². The lowest BCUT2D eigenvalue weighted by molar-refractivity contribution is -0.137. The lowest BCUT2D eigenvalue weighted by Gasteiger charge is -2.32. The molecule has 3 rings (SSSR count). The Morgan fingerprint density at radius 1 is 1.35 bits per heavy atom. The van der Waals surface area contributed by atoms with E-state index >= 15 is 0 Å². The van der Waals surface area contributed by atoms with E-state index in [9.17, 15) is 4.79 Å². The second-order valence-electron chi connectivity index (χ2n) is 6.56. The first-order valence-electron chi connectivity index (χ1n) is 9.18. The maximum atomic E-state index is 12.2. The van der Waals surface area contributed by atoms with E-state index in [2.05, 4.69) is 23.3 Å². The van der Waals surface area contributed by atoms with E-state index in [4.69, 9.17) is 9.72 Å². The molecule has 1 fully saturated rings. The first kappa shape index (κ1) is 18.3. The van der Waals surface area contributed by atoms with Gasteiger partial charge in [0.15, 0.2) is 0 Å². The molecule has 2 aromatic rings. The van der Waals surface area contributed by atoms with Crippen molar-refractivity contribution in [3.8, 4) is 0 Å². The Labute approximate surface area is 154 Å². The Morgan fingerprint density at radius 3 is 3.00 bits per heavy atom. The number of nitrogens with one attached hydrogen (secondary N) is 1. The number of carbonyl (C=O) groups excluding carboxylic acids is 1. The summed E-state index contributed by atoms with van der Waals surface area (Å²) in [7, 11) is 0. The molecule has 1 aliphatic heterocycles. The van der Waals surface area contributed by atoms with Crippen LogP contribution in [0.1, 0.15) is 36.9 Å². The molecule has 0 bridgehead atoms. The van der Waals surface area contributed by atoms with Gasteiger partial charge in [-0.05, 0) is 44.4 Å². The zero-order valence-corrected chi connectivity index (χ0v) is 15.4. The van der Waals surface area contributed by atoms with Crippen molar-refractivity contribution >= 4 is 17.5 Å². The second kappa shape index (κ2) is 8.76. The number of nitrogens with zero attached hydrogens (tertiary/aromatic N) is 3. The molecule has 1 aliphatic rings. The smallest absolute Gasteiger partial charge is 0.248 e. The van der Waals surface area contributed by atoms with Gasteiger partial charge >= 0.3 is 0 Å². The number of rotatable bonds is 6. The van der Waals surface area contributed by atoms with Crippen LogP contribution in [0.2, 0.25) is 0 Å². The average Bonchev–Trinajstić information content (AvgIpc) is 2.68. The third-order valence-corrected chi connectivity index (χ3v) is 4.69. The maximum absolute atomic E-state index is 12.2. The highest BCUT2D eigenvalue weighted by Crippen LogP contribution is 2.26. The standard InChI is InChI=1S/C20H26N4O2/c1-3-26-14-19(25)24-12-6-8-16(13-24)18-10-11-21-20(23-18)22-17-9-5-4-7-15(17)2/h4-5,7,9-11,16H,3,6,8,12-14H2,1-2H3,(H,21,22,23)/t16-/m1/s1. The fourth-order valence-corrected chi connectivity index (χ4v) is 3.22. The van der Waals surface area contributed by atoms with E-state index in [-0.39, 0.29) is 18.4 Å². The Morgan fingerprint density at radius 2 is 2.19 bits per heavy atom. The van der Waals surface area contributed by atoms with Gasteiger partial charge in [-0.3, -0.25) is 4.79 Å². The van der Waals surface area contributed by atoms with E-state index < -0.39 is 0 Å². The van der Waals surface area contributed by atoms with Crippen LogP contribution in [0, 0.1) is 6.92 Å². The summed E-state index contributed by atoms with van der Waals surface area (Å²) in [5, 5.41) is 3.29. The van der Waals surface area contributed by atoms with Gasteiger partial charge in [0.05, 0.1) is 5.69 Å². The van der Waals surface area contributed by atoms with Gasteiger partial charge in [-0.15, -0.1) is 0 Å². The number of hydrogen-bond acceptors (Lipinski definition) is 5. The number of benzene rings is 1. The van der Waals surface area contributed by atoms with Crippen molar-refractivity contribution < 1.29 is 9.53 Å². The van der Waals surface area contributed by atoms with E-state index in [0.717, 1.165) is 36.3 Å². The number of aromatic nitrogens is 2. The number of piperidine rings is 1. The molecule has 6 heteroatoms. The first-order chi connectivity index (χ1) is 12.7. The number of anilines is 2. The minimum Gasteiger partial charge on any atom is -0.372 e. The summed E-state index contributed by atoms with van der Waals surface area (Å²) >= 11 is 0. The highest BCUT2D eigenvalue weighted by Gasteiger charge is 2.25. The van der Waals surface area contributed by atoms with Crippen molar-refractivity contribution in [3.05, 3.63) is 47.8 Å². The topological polar surface area (TPSA) is 67.3 Å². The van der Waals surface area contributed by atoms with Gasteiger partial charge in [0.1, 0.15) is 6.61 Å². The SMILES string of the molecule is CCOCC(=O)N1CCC[C@@H](c2ccnc(Nc3ccccc3C)n2)C1. The van der Waals surface area contributed by atoms with Crippen LogP contribution < -0.4 is 5.32 Å². The largest absolute Gasteiger partial charge is 0.372 e. The normalized spacial score (nSPS) is 17.2. The predicted molar refractivity (Wildman–Crippen MR) is 102 cm³/mol. The molecule has 0 unspecified atom stereocenters. The number of carbonyl (C=O) groups is 1. The Hall–Kier alpha value is -2.47.